The molecule has 0 aromatic heterocycles. The van der Waals surface area contributed by atoms with Crippen LogP contribution in [0.15, 0.2) is 48.5 Å². The Bertz CT molecular complexity index is 671. The molecule has 0 unspecified atom stereocenters. The van der Waals surface area contributed by atoms with E-state index in [0.29, 0.717) is 11.4 Å². The molecule has 6 nitrogen and oxygen atoms in total. The lowest BCUT2D eigenvalue weighted by atomic mass is 10.0. The number of hydrogen-bond donors (Lipinski definition) is 2. The molecule has 2 aromatic carbocycles. The van der Waals surface area contributed by atoms with Gasteiger partial charge in [-0.1, -0.05) is 42.5 Å². The van der Waals surface area contributed by atoms with Crippen molar-refractivity contribution in [2.24, 2.45) is 0 Å². The number of methoxy groups -OCH3 is 2. The van der Waals surface area contributed by atoms with Gasteiger partial charge in [-0.3, -0.25) is 10.6 Å². The lowest BCUT2D eigenvalue weighted by molar-refractivity contribution is 0.185. The molecule has 2 aromatic rings. The molecule has 0 saturated carbocycles. The Morgan fingerprint density at radius 1 is 0.818 bits per heavy atom. The van der Waals surface area contributed by atoms with Crippen molar-refractivity contribution >= 4 is 23.6 Å². The van der Waals surface area contributed by atoms with Crippen LogP contribution in [0.5, 0.6) is 0 Å². The molecule has 0 aliphatic carbocycles. The highest BCUT2D eigenvalue weighted by Crippen LogP contribution is 2.34. The fourth-order valence-electron chi connectivity index (χ4n) is 1.96. The summed E-state index contributed by atoms with van der Waals surface area (Å²) in [4.78, 5) is 23.1. The van der Waals surface area contributed by atoms with Gasteiger partial charge in [-0.2, -0.15) is 0 Å². The van der Waals surface area contributed by atoms with Crippen molar-refractivity contribution in [3.63, 3.8) is 0 Å². The zero-order valence-corrected chi connectivity index (χ0v) is 12.3. The number of nitrogens with one attached hydrogen (secondary N) is 2. The Labute approximate surface area is 128 Å². The second-order valence-electron chi connectivity index (χ2n) is 4.33. The van der Waals surface area contributed by atoms with E-state index in [1.54, 1.807) is 12.1 Å². The van der Waals surface area contributed by atoms with Gasteiger partial charge in [0.05, 0.1) is 25.6 Å². The summed E-state index contributed by atoms with van der Waals surface area (Å²) in [5, 5.41) is 5.19. The molecule has 22 heavy (non-hydrogen) atoms. The largest absolute Gasteiger partial charge is 0.453 e. The van der Waals surface area contributed by atoms with Gasteiger partial charge >= 0.3 is 12.2 Å². The van der Waals surface area contributed by atoms with Crippen LogP contribution in [0, 0.1) is 0 Å². The fourth-order valence-corrected chi connectivity index (χ4v) is 1.96. The van der Waals surface area contributed by atoms with E-state index in [1.807, 2.05) is 36.4 Å². The van der Waals surface area contributed by atoms with Crippen LogP contribution in [0.1, 0.15) is 0 Å². The molecule has 2 amide bonds. The van der Waals surface area contributed by atoms with Gasteiger partial charge < -0.3 is 9.47 Å². The van der Waals surface area contributed by atoms with Crippen LogP contribution >= 0.6 is 0 Å². The molecular formula is C16H16N2O4. The van der Waals surface area contributed by atoms with Gasteiger partial charge in [-0.15, -0.1) is 0 Å². The second-order valence-corrected chi connectivity index (χ2v) is 4.33. The Balaban J connectivity index is 2.50. The van der Waals surface area contributed by atoms with Crippen molar-refractivity contribution in [3.05, 3.63) is 48.5 Å². The minimum atomic E-state index is -0.628. The molecule has 0 saturated heterocycles. The van der Waals surface area contributed by atoms with E-state index in [1.165, 1.54) is 14.2 Å². The van der Waals surface area contributed by atoms with E-state index in [2.05, 4.69) is 20.1 Å². The van der Waals surface area contributed by atoms with Crippen LogP contribution in [0.4, 0.5) is 21.0 Å². The highest BCUT2D eigenvalue weighted by molar-refractivity contribution is 6.01. The molecule has 0 spiro atoms. The molecule has 114 valence electrons. The smallest absolute Gasteiger partial charge is 0.411 e. The summed E-state index contributed by atoms with van der Waals surface area (Å²) in [6.45, 7) is 0. The van der Waals surface area contributed by atoms with Gasteiger partial charge in [0, 0.05) is 5.56 Å². The lowest BCUT2D eigenvalue weighted by Crippen LogP contribution is -2.17. The van der Waals surface area contributed by atoms with Crippen LogP contribution in [-0.4, -0.2) is 26.4 Å². The molecule has 0 fully saturated rings. The van der Waals surface area contributed by atoms with Gasteiger partial charge in [0.2, 0.25) is 0 Å². The summed E-state index contributed by atoms with van der Waals surface area (Å²) in [7, 11) is 2.54. The maximum Gasteiger partial charge on any atom is 0.411 e. The normalized spacial score (nSPS) is 9.73. The van der Waals surface area contributed by atoms with Crippen molar-refractivity contribution in [1.29, 1.82) is 0 Å². The number of carbonyl (C=O) groups is 2. The van der Waals surface area contributed by atoms with Gasteiger partial charge in [0.25, 0.3) is 0 Å². The third-order valence-corrected chi connectivity index (χ3v) is 2.98. The number of ether oxygens (including phenoxy) is 2. The Morgan fingerprint density at radius 2 is 1.45 bits per heavy atom. The van der Waals surface area contributed by atoms with Crippen LogP contribution in [-0.2, 0) is 9.47 Å². The molecule has 0 bridgehead atoms. The van der Waals surface area contributed by atoms with Crippen molar-refractivity contribution < 1.29 is 19.1 Å². The first-order chi connectivity index (χ1) is 10.7. The number of benzene rings is 2. The van der Waals surface area contributed by atoms with E-state index in [9.17, 15) is 9.59 Å². The Kier molecular flexibility index (Phi) is 4.98. The third kappa shape index (κ3) is 3.54. The van der Waals surface area contributed by atoms with Crippen LogP contribution in [0.25, 0.3) is 11.1 Å². The van der Waals surface area contributed by atoms with E-state index in [4.69, 9.17) is 0 Å². The monoisotopic (exact) mass is 300 g/mol. The molecule has 0 heterocycles. The number of carbonyl (C=O) groups excluding carboxylic acids is 2. The lowest BCUT2D eigenvalue weighted by Gasteiger charge is -2.15. The summed E-state index contributed by atoms with van der Waals surface area (Å²) in [5.41, 5.74) is 2.49. The molecule has 0 aliphatic rings. The third-order valence-electron chi connectivity index (χ3n) is 2.98. The number of para-hydroxylation sites is 1. The molecule has 2 rings (SSSR count). The van der Waals surface area contributed by atoms with Crippen molar-refractivity contribution in [2.45, 2.75) is 0 Å². The van der Waals surface area contributed by atoms with E-state index in [0.717, 1.165) is 11.1 Å². The number of hydrogen-bond acceptors (Lipinski definition) is 4. The van der Waals surface area contributed by atoms with Gasteiger partial charge in [0.1, 0.15) is 0 Å². The minimum absolute atomic E-state index is 0.415. The van der Waals surface area contributed by atoms with Gasteiger partial charge in [0.15, 0.2) is 0 Å². The summed E-state index contributed by atoms with van der Waals surface area (Å²) in [6.07, 6.45) is -1.26. The topological polar surface area (TPSA) is 76.7 Å². The van der Waals surface area contributed by atoms with Gasteiger partial charge in [-0.25, -0.2) is 9.59 Å². The van der Waals surface area contributed by atoms with Crippen LogP contribution in [0.2, 0.25) is 0 Å². The minimum Gasteiger partial charge on any atom is -0.453 e. The first-order valence-electron chi connectivity index (χ1n) is 6.54. The average molecular weight is 300 g/mol. The van der Waals surface area contributed by atoms with E-state index in [-0.39, 0.29) is 0 Å². The molecule has 0 atom stereocenters. The Hall–Kier alpha value is -3.02. The second kappa shape index (κ2) is 7.12. The first kappa shape index (κ1) is 15.4. The van der Waals surface area contributed by atoms with Crippen molar-refractivity contribution in [3.8, 4) is 11.1 Å². The summed E-state index contributed by atoms with van der Waals surface area (Å²) < 4.78 is 9.23. The standard InChI is InChI=1S/C16H16N2O4/c1-21-15(19)17-13-10-6-9-12(11-7-4-3-5-8-11)14(13)18-16(20)22-2/h3-10H,1-2H3,(H,17,19)(H,18,20). The highest BCUT2D eigenvalue weighted by Gasteiger charge is 2.15. The molecular weight excluding hydrogens is 284 g/mol. The zero-order chi connectivity index (χ0) is 15.9. The maximum atomic E-state index is 11.6. The predicted octanol–water partition coefficient (Wildman–Crippen LogP) is 3.71. The first-order valence-corrected chi connectivity index (χ1v) is 6.54. The quantitative estimate of drug-likeness (QED) is 0.906. The molecule has 6 heteroatoms. The van der Waals surface area contributed by atoms with Crippen LogP contribution < -0.4 is 10.6 Å². The highest BCUT2D eigenvalue weighted by atomic mass is 16.5. The molecule has 0 aliphatic heterocycles. The van der Waals surface area contributed by atoms with Crippen molar-refractivity contribution in [1.82, 2.24) is 0 Å². The van der Waals surface area contributed by atoms with E-state index < -0.39 is 12.2 Å². The number of rotatable bonds is 3. The summed E-state index contributed by atoms with van der Waals surface area (Å²) >= 11 is 0. The predicted molar refractivity (Wildman–Crippen MR) is 83.9 cm³/mol. The zero-order valence-electron chi connectivity index (χ0n) is 12.3. The van der Waals surface area contributed by atoms with Gasteiger partial charge in [-0.05, 0) is 11.6 Å². The van der Waals surface area contributed by atoms with E-state index >= 15 is 0 Å². The Morgan fingerprint density at radius 3 is 2.09 bits per heavy atom. The number of amides is 2. The average Bonchev–Trinajstić information content (AvgIpc) is 2.56. The summed E-state index contributed by atoms with van der Waals surface area (Å²) in [6, 6.07) is 14.7. The fraction of sp³-hybridized carbons (Fsp3) is 0.125. The molecule has 2 N–H and O–H groups in total. The van der Waals surface area contributed by atoms with Crippen LogP contribution in [0.3, 0.4) is 0 Å². The molecule has 0 radical (unpaired) electrons. The SMILES string of the molecule is COC(=O)Nc1cccc(-c2ccccc2)c1NC(=O)OC. The maximum absolute atomic E-state index is 11.6. The summed E-state index contributed by atoms with van der Waals surface area (Å²) in [5.74, 6) is 0. The van der Waals surface area contributed by atoms with Crippen molar-refractivity contribution in [2.75, 3.05) is 24.9 Å². The number of anilines is 2.